The van der Waals surface area contributed by atoms with E-state index in [2.05, 4.69) is 31.2 Å². The Morgan fingerprint density at radius 2 is 1.71 bits per heavy atom. The molecule has 0 radical (unpaired) electrons. The molecule has 0 atom stereocenters. The van der Waals surface area contributed by atoms with Crippen LogP contribution in [0, 0.1) is 6.92 Å². The minimum absolute atomic E-state index is 0.219. The lowest BCUT2D eigenvalue weighted by molar-refractivity contribution is -0.228. The predicted molar refractivity (Wildman–Crippen MR) is 82.1 cm³/mol. The van der Waals surface area contributed by atoms with Crippen molar-refractivity contribution in [3.8, 4) is 0 Å². The maximum atomic E-state index is 12.3. The molecule has 0 saturated carbocycles. The molecule has 1 saturated heterocycles. The number of benzene rings is 1. The summed E-state index contributed by atoms with van der Waals surface area (Å²) in [6, 6.07) is 8.37. The summed E-state index contributed by atoms with van der Waals surface area (Å²) in [5.74, 6) is -0.287. The molecule has 0 aromatic heterocycles. The summed E-state index contributed by atoms with van der Waals surface area (Å²) in [5, 5.41) is 0. The third kappa shape index (κ3) is 4.05. The zero-order valence-electron chi connectivity index (χ0n) is 13.2. The quantitative estimate of drug-likeness (QED) is 0.783. The Labute approximate surface area is 127 Å². The van der Waals surface area contributed by atoms with Crippen molar-refractivity contribution in [2.24, 2.45) is 0 Å². The van der Waals surface area contributed by atoms with E-state index in [0.29, 0.717) is 19.5 Å². The van der Waals surface area contributed by atoms with Gasteiger partial charge in [-0.05, 0) is 18.9 Å². The number of methoxy groups -OCH3 is 2. The minimum Gasteiger partial charge on any atom is -0.353 e. The van der Waals surface area contributed by atoms with Crippen molar-refractivity contribution in [2.75, 3.05) is 27.3 Å². The van der Waals surface area contributed by atoms with Gasteiger partial charge in [0.05, 0.1) is 0 Å². The van der Waals surface area contributed by atoms with Crippen LogP contribution in [0.5, 0.6) is 0 Å². The largest absolute Gasteiger partial charge is 0.353 e. The average Bonchev–Trinajstić information content (AvgIpc) is 2.54. The number of hydrogen-bond acceptors (Lipinski definition) is 3. The zero-order valence-corrected chi connectivity index (χ0v) is 13.2. The van der Waals surface area contributed by atoms with E-state index in [1.54, 1.807) is 14.2 Å². The van der Waals surface area contributed by atoms with Crippen LogP contribution in [-0.4, -0.2) is 43.9 Å². The van der Waals surface area contributed by atoms with E-state index in [-0.39, 0.29) is 5.91 Å². The molecule has 2 rings (SSSR count). The van der Waals surface area contributed by atoms with Gasteiger partial charge in [0.25, 0.3) is 0 Å². The number of likely N-dealkylation sites (tertiary alicyclic amines) is 1. The molecule has 1 fully saturated rings. The molecule has 4 heteroatoms. The van der Waals surface area contributed by atoms with Crippen LogP contribution >= 0.6 is 0 Å². The highest BCUT2D eigenvalue weighted by Gasteiger charge is 2.35. The highest BCUT2D eigenvalue weighted by molar-refractivity contribution is 5.76. The number of amides is 1. The summed E-state index contributed by atoms with van der Waals surface area (Å²) >= 11 is 0. The standard InChI is InChI=1S/C17H25NO3/c1-14-4-6-15(7-5-14)8-9-16(19)18-12-10-17(20-2,21-3)11-13-18/h4-7H,8-13H2,1-3H3. The summed E-state index contributed by atoms with van der Waals surface area (Å²) in [7, 11) is 3.33. The fraction of sp³-hybridized carbons (Fsp3) is 0.588. The average molecular weight is 291 g/mol. The first-order chi connectivity index (χ1) is 10.1. The van der Waals surface area contributed by atoms with Gasteiger partial charge in [-0.2, -0.15) is 0 Å². The normalized spacial score (nSPS) is 17.8. The number of rotatable bonds is 5. The third-order valence-corrected chi connectivity index (χ3v) is 4.37. The molecular weight excluding hydrogens is 266 g/mol. The molecule has 4 nitrogen and oxygen atoms in total. The number of carbonyl (C=O) groups is 1. The Bertz CT molecular complexity index is 455. The Morgan fingerprint density at radius 1 is 1.14 bits per heavy atom. The SMILES string of the molecule is COC1(OC)CCN(C(=O)CCc2ccc(C)cc2)CC1. The van der Waals surface area contributed by atoms with Gasteiger partial charge in [0.2, 0.25) is 5.91 Å². The second kappa shape index (κ2) is 7.05. The van der Waals surface area contributed by atoms with Crippen molar-refractivity contribution in [3.63, 3.8) is 0 Å². The summed E-state index contributed by atoms with van der Waals surface area (Å²) in [6.45, 7) is 3.48. The molecular formula is C17H25NO3. The first-order valence-electron chi connectivity index (χ1n) is 7.52. The number of ether oxygens (including phenoxy) is 2. The Morgan fingerprint density at radius 3 is 2.24 bits per heavy atom. The van der Waals surface area contributed by atoms with Crippen LogP contribution in [-0.2, 0) is 20.7 Å². The smallest absolute Gasteiger partial charge is 0.222 e. The van der Waals surface area contributed by atoms with Crippen LogP contribution in [0.25, 0.3) is 0 Å². The predicted octanol–water partition coefficient (Wildman–Crippen LogP) is 2.54. The lowest BCUT2D eigenvalue weighted by Crippen LogP contribution is -2.48. The monoisotopic (exact) mass is 291 g/mol. The number of piperidine rings is 1. The minimum atomic E-state index is -0.506. The van der Waals surface area contributed by atoms with Gasteiger partial charge >= 0.3 is 0 Å². The molecule has 1 aromatic carbocycles. The molecule has 1 amide bonds. The van der Waals surface area contributed by atoms with Gasteiger partial charge in [0, 0.05) is 46.6 Å². The number of nitrogens with zero attached hydrogens (tertiary/aromatic N) is 1. The van der Waals surface area contributed by atoms with Gasteiger partial charge < -0.3 is 14.4 Å². The molecule has 0 aliphatic carbocycles. The van der Waals surface area contributed by atoms with Crippen molar-refractivity contribution >= 4 is 5.91 Å². The van der Waals surface area contributed by atoms with Gasteiger partial charge in [-0.25, -0.2) is 0 Å². The van der Waals surface area contributed by atoms with E-state index in [4.69, 9.17) is 9.47 Å². The van der Waals surface area contributed by atoms with Crippen molar-refractivity contribution < 1.29 is 14.3 Å². The maximum Gasteiger partial charge on any atom is 0.222 e. The van der Waals surface area contributed by atoms with E-state index < -0.39 is 5.79 Å². The van der Waals surface area contributed by atoms with E-state index in [0.717, 1.165) is 19.3 Å². The summed E-state index contributed by atoms with van der Waals surface area (Å²) in [4.78, 5) is 14.2. The number of hydrogen-bond donors (Lipinski definition) is 0. The highest BCUT2D eigenvalue weighted by Crippen LogP contribution is 2.26. The highest BCUT2D eigenvalue weighted by atomic mass is 16.7. The molecule has 116 valence electrons. The first kappa shape index (κ1) is 16.0. The molecule has 1 aromatic rings. The fourth-order valence-corrected chi connectivity index (χ4v) is 2.75. The van der Waals surface area contributed by atoms with Crippen LogP contribution in [0.4, 0.5) is 0 Å². The Kier molecular flexibility index (Phi) is 5.37. The topological polar surface area (TPSA) is 38.8 Å². The van der Waals surface area contributed by atoms with Gasteiger partial charge in [-0.15, -0.1) is 0 Å². The van der Waals surface area contributed by atoms with Crippen molar-refractivity contribution in [1.29, 1.82) is 0 Å². The Balaban J connectivity index is 1.81. The van der Waals surface area contributed by atoms with Gasteiger partial charge in [-0.1, -0.05) is 29.8 Å². The van der Waals surface area contributed by atoms with E-state index in [1.165, 1.54) is 11.1 Å². The van der Waals surface area contributed by atoms with E-state index in [1.807, 2.05) is 4.90 Å². The second-order valence-electron chi connectivity index (χ2n) is 5.69. The van der Waals surface area contributed by atoms with Crippen LogP contribution in [0.2, 0.25) is 0 Å². The van der Waals surface area contributed by atoms with Crippen LogP contribution in [0.1, 0.15) is 30.4 Å². The lowest BCUT2D eigenvalue weighted by atomic mass is 10.0. The lowest BCUT2D eigenvalue weighted by Gasteiger charge is -2.39. The summed E-state index contributed by atoms with van der Waals surface area (Å²) in [5.41, 5.74) is 2.46. The molecule has 0 unspecified atom stereocenters. The molecule has 1 aliphatic heterocycles. The van der Waals surface area contributed by atoms with Crippen LogP contribution in [0.15, 0.2) is 24.3 Å². The molecule has 0 spiro atoms. The molecule has 1 heterocycles. The Hall–Kier alpha value is -1.39. The summed E-state index contributed by atoms with van der Waals surface area (Å²) < 4.78 is 10.9. The van der Waals surface area contributed by atoms with Gasteiger partial charge in [-0.3, -0.25) is 4.79 Å². The van der Waals surface area contributed by atoms with Crippen molar-refractivity contribution in [2.45, 2.75) is 38.4 Å². The van der Waals surface area contributed by atoms with Crippen LogP contribution in [0.3, 0.4) is 0 Å². The van der Waals surface area contributed by atoms with Crippen molar-refractivity contribution in [1.82, 2.24) is 4.90 Å². The fourth-order valence-electron chi connectivity index (χ4n) is 2.75. The third-order valence-electron chi connectivity index (χ3n) is 4.37. The molecule has 0 bridgehead atoms. The second-order valence-corrected chi connectivity index (χ2v) is 5.69. The molecule has 21 heavy (non-hydrogen) atoms. The summed E-state index contributed by atoms with van der Waals surface area (Å²) in [6.07, 6.45) is 2.83. The van der Waals surface area contributed by atoms with E-state index in [9.17, 15) is 4.79 Å². The first-order valence-corrected chi connectivity index (χ1v) is 7.52. The zero-order chi connectivity index (χ0) is 15.3. The maximum absolute atomic E-state index is 12.3. The molecule has 0 N–H and O–H groups in total. The van der Waals surface area contributed by atoms with Crippen LogP contribution < -0.4 is 0 Å². The number of aryl methyl sites for hydroxylation is 2. The molecule has 1 aliphatic rings. The van der Waals surface area contributed by atoms with Gasteiger partial charge in [0.15, 0.2) is 5.79 Å². The van der Waals surface area contributed by atoms with Gasteiger partial charge in [0.1, 0.15) is 0 Å². The van der Waals surface area contributed by atoms with E-state index >= 15 is 0 Å². The number of carbonyl (C=O) groups excluding carboxylic acids is 1. The van der Waals surface area contributed by atoms with Crippen molar-refractivity contribution in [3.05, 3.63) is 35.4 Å².